The normalized spacial score (nSPS) is 25.7. The van der Waals surface area contributed by atoms with Crippen LogP contribution >= 0.6 is 0 Å². The van der Waals surface area contributed by atoms with E-state index in [4.69, 9.17) is 14.2 Å². The van der Waals surface area contributed by atoms with Crippen molar-refractivity contribution in [3.05, 3.63) is 76.7 Å². The number of hydrogen-bond donors (Lipinski definition) is 0. The third-order valence-corrected chi connectivity index (χ3v) is 5.36. The molecule has 2 fully saturated rings. The van der Waals surface area contributed by atoms with Gasteiger partial charge in [0.2, 0.25) is 0 Å². The van der Waals surface area contributed by atoms with E-state index in [1.54, 1.807) is 0 Å². The highest BCUT2D eigenvalue weighted by Crippen LogP contribution is 2.47. The summed E-state index contributed by atoms with van der Waals surface area (Å²) >= 11 is 0. The van der Waals surface area contributed by atoms with Crippen LogP contribution in [0.2, 0.25) is 0 Å². The van der Waals surface area contributed by atoms with Gasteiger partial charge in [0.15, 0.2) is 12.4 Å². The number of ether oxygens (including phenoxy) is 3. The Morgan fingerprint density at radius 3 is 2.19 bits per heavy atom. The quantitative estimate of drug-likeness (QED) is 0.750. The van der Waals surface area contributed by atoms with Crippen LogP contribution in [0.15, 0.2) is 65.8 Å². The van der Waals surface area contributed by atoms with Crippen LogP contribution in [0.3, 0.4) is 0 Å². The predicted molar refractivity (Wildman–Crippen MR) is 98.0 cm³/mol. The Bertz CT molecular complexity index is 753. The fourth-order valence-electron chi connectivity index (χ4n) is 4.32. The number of benzene rings is 2. The first-order chi connectivity index (χ1) is 13.2. The number of nitroso groups, excluding NO2 is 1. The maximum absolute atomic E-state index is 11.7. The summed E-state index contributed by atoms with van der Waals surface area (Å²) in [4.78, 5) is 22.4. The van der Waals surface area contributed by atoms with Crippen molar-refractivity contribution >= 4 is 6.09 Å². The monoisotopic (exact) mass is 367 g/mol. The molecule has 6 heteroatoms. The van der Waals surface area contributed by atoms with E-state index < -0.39 is 23.9 Å². The minimum atomic E-state index is -1.14. The average Bonchev–Trinajstić information content (AvgIpc) is 3.09. The zero-order chi connectivity index (χ0) is 18.7. The number of hydrogen-bond acceptors (Lipinski definition) is 5. The van der Waals surface area contributed by atoms with Crippen LogP contribution in [0.1, 0.15) is 17.5 Å². The molecule has 3 atom stereocenters. The SMILES string of the molecule is O=NC(=O)O[C@@H]1[C@@H]2OC[C@H](CC1(Cc1ccccc1)Cc1ccccc1)O2. The number of fused-ring (bicyclic) bond motifs is 2. The van der Waals surface area contributed by atoms with Gasteiger partial charge in [-0.3, -0.25) is 0 Å². The summed E-state index contributed by atoms with van der Waals surface area (Å²) in [6, 6.07) is 20.1. The van der Waals surface area contributed by atoms with Crippen LogP contribution in [-0.4, -0.2) is 31.2 Å². The molecular formula is C21H21NO5. The summed E-state index contributed by atoms with van der Waals surface area (Å²) in [5.74, 6) is 0. The number of rotatable bonds is 5. The number of amides is 1. The van der Waals surface area contributed by atoms with Crippen LogP contribution in [0.25, 0.3) is 0 Å². The summed E-state index contributed by atoms with van der Waals surface area (Å²) in [6.45, 7) is 0.457. The lowest BCUT2D eigenvalue weighted by Gasteiger charge is -2.45. The van der Waals surface area contributed by atoms with Crippen LogP contribution < -0.4 is 0 Å². The second kappa shape index (κ2) is 7.58. The second-order valence-electron chi connectivity index (χ2n) is 7.25. The molecule has 2 saturated heterocycles. The number of carbonyl (C=O) groups is 1. The van der Waals surface area contributed by atoms with Gasteiger partial charge in [-0.2, -0.15) is 0 Å². The Balaban J connectivity index is 1.73. The summed E-state index contributed by atoms with van der Waals surface area (Å²) in [6.07, 6.45) is -0.545. The summed E-state index contributed by atoms with van der Waals surface area (Å²) < 4.78 is 17.0. The van der Waals surface area contributed by atoms with Crippen molar-refractivity contribution in [1.82, 2.24) is 0 Å². The highest BCUT2D eigenvalue weighted by atomic mass is 16.7. The molecule has 4 rings (SSSR count). The largest absolute Gasteiger partial charge is 0.471 e. The van der Waals surface area contributed by atoms with Gasteiger partial charge >= 0.3 is 6.09 Å². The predicted octanol–water partition coefficient (Wildman–Crippen LogP) is 3.88. The van der Waals surface area contributed by atoms with Gasteiger partial charge in [-0.05, 0) is 30.4 Å². The van der Waals surface area contributed by atoms with E-state index in [0.717, 1.165) is 11.1 Å². The summed E-state index contributed by atoms with van der Waals surface area (Å²) in [5, 5.41) is 2.42. The molecule has 0 aromatic heterocycles. The molecule has 0 N–H and O–H groups in total. The maximum atomic E-state index is 11.7. The molecular weight excluding hydrogens is 346 g/mol. The number of nitrogens with zero attached hydrogens (tertiary/aromatic N) is 1. The molecule has 2 aliphatic heterocycles. The van der Waals surface area contributed by atoms with E-state index in [1.807, 2.05) is 36.4 Å². The first-order valence-corrected chi connectivity index (χ1v) is 9.07. The first-order valence-electron chi connectivity index (χ1n) is 9.07. The Morgan fingerprint density at radius 1 is 1.04 bits per heavy atom. The van der Waals surface area contributed by atoms with Crippen molar-refractivity contribution < 1.29 is 19.0 Å². The van der Waals surface area contributed by atoms with Gasteiger partial charge in [0.05, 0.1) is 17.9 Å². The molecule has 0 spiro atoms. The molecule has 140 valence electrons. The van der Waals surface area contributed by atoms with E-state index in [-0.39, 0.29) is 6.10 Å². The summed E-state index contributed by atoms with van der Waals surface area (Å²) in [7, 11) is 0. The molecule has 0 radical (unpaired) electrons. The molecule has 1 amide bonds. The van der Waals surface area contributed by atoms with Crippen LogP contribution in [-0.2, 0) is 27.1 Å². The van der Waals surface area contributed by atoms with Gasteiger partial charge < -0.3 is 14.2 Å². The molecule has 2 aromatic rings. The average molecular weight is 367 g/mol. The third-order valence-electron chi connectivity index (χ3n) is 5.36. The van der Waals surface area contributed by atoms with Crippen molar-refractivity contribution in [2.45, 2.75) is 37.8 Å². The molecule has 6 nitrogen and oxygen atoms in total. The van der Waals surface area contributed by atoms with E-state index in [0.29, 0.717) is 25.9 Å². The molecule has 0 unspecified atom stereocenters. The topological polar surface area (TPSA) is 74.2 Å². The van der Waals surface area contributed by atoms with Crippen molar-refractivity contribution in [2.75, 3.05) is 6.61 Å². The third kappa shape index (κ3) is 3.77. The van der Waals surface area contributed by atoms with Crippen molar-refractivity contribution in [3.8, 4) is 0 Å². The van der Waals surface area contributed by atoms with Gasteiger partial charge in [-0.15, -0.1) is 4.91 Å². The van der Waals surface area contributed by atoms with E-state index >= 15 is 0 Å². The Hall–Kier alpha value is -2.57. The number of carbonyl (C=O) groups excluding carboxylic acids is 1. The minimum absolute atomic E-state index is 0.0541. The van der Waals surface area contributed by atoms with Crippen molar-refractivity contribution in [2.24, 2.45) is 10.6 Å². The molecule has 0 saturated carbocycles. The molecule has 2 aromatic carbocycles. The highest BCUT2D eigenvalue weighted by Gasteiger charge is 2.55. The Morgan fingerprint density at radius 2 is 1.63 bits per heavy atom. The second-order valence-corrected chi connectivity index (χ2v) is 7.25. The highest BCUT2D eigenvalue weighted by molar-refractivity contribution is 5.68. The first kappa shape index (κ1) is 17.8. The molecule has 2 heterocycles. The van der Waals surface area contributed by atoms with E-state index in [2.05, 4.69) is 29.4 Å². The lowest BCUT2D eigenvalue weighted by atomic mass is 9.67. The van der Waals surface area contributed by atoms with Crippen molar-refractivity contribution in [3.63, 3.8) is 0 Å². The molecule has 27 heavy (non-hydrogen) atoms. The fourth-order valence-corrected chi connectivity index (χ4v) is 4.32. The zero-order valence-corrected chi connectivity index (χ0v) is 14.8. The Kier molecular flexibility index (Phi) is 5.01. The maximum Gasteiger partial charge on any atom is 0.471 e. The van der Waals surface area contributed by atoms with Gasteiger partial charge in [0, 0.05) is 5.41 Å². The lowest BCUT2D eigenvalue weighted by Crippen LogP contribution is -2.53. The smallest absolute Gasteiger partial charge is 0.436 e. The van der Waals surface area contributed by atoms with Gasteiger partial charge in [-0.1, -0.05) is 60.7 Å². The van der Waals surface area contributed by atoms with E-state index in [9.17, 15) is 9.70 Å². The Labute approximate surface area is 157 Å². The fraction of sp³-hybridized carbons (Fsp3) is 0.381. The zero-order valence-electron chi connectivity index (χ0n) is 14.8. The van der Waals surface area contributed by atoms with Crippen LogP contribution in [0, 0.1) is 10.3 Å². The van der Waals surface area contributed by atoms with Gasteiger partial charge in [0.1, 0.15) is 0 Å². The van der Waals surface area contributed by atoms with E-state index in [1.165, 1.54) is 0 Å². The minimum Gasteiger partial charge on any atom is -0.436 e. The molecule has 2 bridgehead atoms. The lowest BCUT2D eigenvalue weighted by molar-refractivity contribution is -0.204. The standard InChI is InChI=1S/C21H21NO5/c23-20(22-24)27-18-19-25-14-17(26-19)13-21(18,11-15-7-3-1-4-8-15)12-16-9-5-2-6-10-16/h1-10,17-19H,11-14H2/t17-,18+,19+/m0/s1. The molecule has 0 aliphatic carbocycles. The van der Waals surface area contributed by atoms with Crippen LogP contribution in [0.4, 0.5) is 4.79 Å². The van der Waals surface area contributed by atoms with Gasteiger partial charge in [0.25, 0.3) is 0 Å². The van der Waals surface area contributed by atoms with Crippen molar-refractivity contribution in [1.29, 1.82) is 0 Å². The molecule has 2 aliphatic rings. The van der Waals surface area contributed by atoms with Gasteiger partial charge in [-0.25, -0.2) is 4.79 Å². The summed E-state index contributed by atoms with van der Waals surface area (Å²) in [5.41, 5.74) is 1.82. The van der Waals surface area contributed by atoms with Crippen LogP contribution in [0.5, 0.6) is 0 Å².